The number of para-hydroxylation sites is 1. The molecule has 19 heavy (non-hydrogen) atoms. The van der Waals surface area contributed by atoms with E-state index in [-0.39, 0.29) is 6.61 Å². The molecular formula is C13H22N2O3S. The van der Waals surface area contributed by atoms with Crippen LogP contribution in [0, 0.1) is 0 Å². The maximum Gasteiger partial charge on any atom is 0.242 e. The van der Waals surface area contributed by atoms with Gasteiger partial charge in [-0.1, -0.05) is 12.1 Å². The van der Waals surface area contributed by atoms with Gasteiger partial charge in [0, 0.05) is 20.2 Å². The molecule has 2 N–H and O–H groups in total. The third-order valence-electron chi connectivity index (χ3n) is 2.99. The molecule has 0 amide bonds. The Hall–Kier alpha value is -1.11. The first-order chi connectivity index (χ1) is 9.03. The van der Waals surface area contributed by atoms with Crippen molar-refractivity contribution in [3.63, 3.8) is 0 Å². The lowest BCUT2D eigenvalue weighted by Gasteiger charge is -2.22. The Labute approximate surface area is 115 Å². The Balaban J connectivity index is 2.83. The number of benzene rings is 1. The van der Waals surface area contributed by atoms with Crippen LogP contribution in [0.3, 0.4) is 0 Å². The number of nitrogens with one attached hydrogen (secondary N) is 1. The minimum atomic E-state index is -3.44. The highest BCUT2D eigenvalue weighted by atomic mass is 32.2. The van der Waals surface area contributed by atoms with Crippen LogP contribution in [0.1, 0.15) is 19.3 Å². The summed E-state index contributed by atoms with van der Waals surface area (Å²) in [5, 5.41) is 8.73. The summed E-state index contributed by atoms with van der Waals surface area (Å²) in [6, 6.07) is 6.95. The van der Waals surface area contributed by atoms with Crippen LogP contribution in [0.2, 0.25) is 0 Å². The van der Waals surface area contributed by atoms with Crippen LogP contribution in [0.25, 0.3) is 0 Å². The number of anilines is 1. The molecule has 0 unspecified atom stereocenters. The van der Waals surface area contributed by atoms with Crippen molar-refractivity contribution in [2.45, 2.75) is 24.2 Å². The molecule has 0 heterocycles. The Morgan fingerprint density at radius 3 is 2.53 bits per heavy atom. The molecule has 108 valence electrons. The number of nitrogens with zero attached hydrogens (tertiary/aromatic N) is 1. The summed E-state index contributed by atoms with van der Waals surface area (Å²) in [6.07, 6.45) is 2.64. The van der Waals surface area contributed by atoms with Crippen LogP contribution in [0.4, 0.5) is 5.69 Å². The molecule has 1 aromatic carbocycles. The van der Waals surface area contributed by atoms with Gasteiger partial charge in [-0.05, 0) is 38.4 Å². The molecule has 5 nitrogen and oxygen atoms in total. The first kappa shape index (κ1) is 15.9. The summed E-state index contributed by atoms with van der Waals surface area (Å²) in [5.74, 6) is 0. The van der Waals surface area contributed by atoms with E-state index < -0.39 is 10.0 Å². The van der Waals surface area contributed by atoms with Crippen LogP contribution >= 0.6 is 0 Å². The molecule has 0 bridgehead atoms. The number of aliphatic hydroxyl groups is 1. The molecule has 0 fully saturated rings. The summed E-state index contributed by atoms with van der Waals surface area (Å²) >= 11 is 0. The fourth-order valence-electron chi connectivity index (χ4n) is 1.87. The molecular weight excluding hydrogens is 264 g/mol. The van der Waals surface area contributed by atoms with Gasteiger partial charge in [0.15, 0.2) is 0 Å². The van der Waals surface area contributed by atoms with Crippen molar-refractivity contribution < 1.29 is 13.5 Å². The van der Waals surface area contributed by atoms with Crippen molar-refractivity contribution in [3.05, 3.63) is 24.3 Å². The molecule has 0 aliphatic carbocycles. The second-order valence-corrected chi connectivity index (χ2v) is 6.24. The van der Waals surface area contributed by atoms with Crippen molar-refractivity contribution in [1.29, 1.82) is 0 Å². The molecule has 0 aliphatic rings. The summed E-state index contributed by atoms with van der Waals surface area (Å²) < 4.78 is 26.2. The number of aliphatic hydroxyl groups excluding tert-OH is 1. The molecule has 6 heteroatoms. The van der Waals surface area contributed by atoms with Gasteiger partial charge in [-0.3, -0.25) is 0 Å². The molecule has 0 spiro atoms. The molecule has 0 saturated heterocycles. The second-order valence-electron chi connectivity index (χ2n) is 4.38. The zero-order valence-corrected chi connectivity index (χ0v) is 12.3. The zero-order chi connectivity index (χ0) is 14.3. The van der Waals surface area contributed by atoms with E-state index in [0.29, 0.717) is 10.6 Å². The average molecular weight is 286 g/mol. The van der Waals surface area contributed by atoms with Crippen molar-refractivity contribution >= 4 is 15.7 Å². The number of sulfonamides is 1. The minimum Gasteiger partial charge on any atom is -0.396 e. The SMILES string of the molecule is CNS(=O)(=O)c1ccccc1N(C)CCCCCO. The van der Waals surface area contributed by atoms with Crippen LogP contribution in [-0.4, -0.2) is 40.8 Å². The van der Waals surface area contributed by atoms with Gasteiger partial charge in [-0.15, -0.1) is 0 Å². The normalized spacial score (nSPS) is 11.5. The fraction of sp³-hybridized carbons (Fsp3) is 0.538. The lowest BCUT2D eigenvalue weighted by molar-refractivity contribution is 0.283. The molecule has 0 saturated carbocycles. The van der Waals surface area contributed by atoms with Gasteiger partial charge in [-0.25, -0.2) is 13.1 Å². The molecule has 1 aromatic rings. The predicted molar refractivity (Wildman–Crippen MR) is 76.9 cm³/mol. The standard InChI is InChI=1S/C13H22N2O3S/c1-14-19(17,18)13-9-5-4-8-12(13)15(2)10-6-3-7-11-16/h4-5,8-9,14,16H,3,6-7,10-11H2,1-2H3. The zero-order valence-electron chi connectivity index (χ0n) is 11.5. The van der Waals surface area contributed by atoms with Gasteiger partial charge in [0.25, 0.3) is 0 Å². The van der Waals surface area contributed by atoms with Crippen molar-refractivity contribution in [1.82, 2.24) is 4.72 Å². The predicted octanol–water partition coefficient (Wildman–Crippen LogP) is 1.19. The van der Waals surface area contributed by atoms with Crippen molar-refractivity contribution in [2.75, 3.05) is 32.1 Å². The summed E-state index contributed by atoms with van der Waals surface area (Å²) in [5.41, 5.74) is 0.695. The van der Waals surface area contributed by atoms with E-state index in [1.807, 2.05) is 18.0 Å². The Morgan fingerprint density at radius 2 is 1.89 bits per heavy atom. The number of hydrogen-bond acceptors (Lipinski definition) is 4. The highest BCUT2D eigenvalue weighted by Crippen LogP contribution is 2.23. The third kappa shape index (κ3) is 4.49. The average Bonchev–Trinajstić information content (AvgIpc) is 2.43. The third-order valence-corrected chi connectivity index (χ3v) is 4.45. The topological polar surface area (TPSA) is 69.6 Å². The summed E-state index contributed by atoms with van der Waals surface area (Å²) in [4.78, 5) is 2.23. The van der Waals surface area contributed by atoms with Gasteiger partial charge in [0.05, 0.1) is 5.69 Å². The quantitative estimate of drug-likeness (QED) is 0.704. The maximum atomic E-state index is 11.9. The van der Waals surface area contributed by atoms with E-state index >= 15 is 0 Å². The van der Waals surface area contributed by atoms with Gasteiger partial charge in [0.1, 0.15) is 4.90 Å². The van der Waals surface area contributed by atoms with E-state index in [0.717, 1.165) is 25.8 Å². The monoisotopic (exact) mass is 286 g/mol. The molecule has 0 atom stereocenters. The second kappa shape index (κ2) is 7.47. The van der Waals surface area contributed by atoms with Gasteiger partial charge in [0.2, 0.25) is 10.0 Å². The maximum absolute atomic E-state index is 11.9. The van der Waals surface area contributed by atoms with E-state index in [4.69, 9.17) is 5.11 Å². The largest absolute Gasteiger partial charge is 0.396 e. The van der Waals surface area contributed by atoms with E-state index in [1.54, 1.807) is 18.2 Å². The minimum absolute atomic E-state index is 0.203. The highest BCUT2D eigenvalue weighted by Gasteiger charge is 2.17. The van der Waals surface area contributed by atoms with E-state index in [1.165, 1.54) is 7.05 Å². The van der Waals surface area contributed by atoms with E-state index in [9.17, 15) is 8.42 Å². The van der Waals surface area contributed by atoms with Crippen LogP contribution in [0.5, 0.6) is 0 Å². The molecule has 0 aromatic heterocycles. The van der Waals surface area contributed by atoms with Gasteiger partial charge < -0.3 is 10.0 Å². The van der Waals surface area contributed by atoms with Crippen LogP contribution in [-0.2, 0) is 10.0 Å². The van der Waals surface area contributed by atoms with Gasteiger partial charge in [-0.2, -0.15) is 0 Å². The first-order valence-electron chi connectivity index (χ1n) is 6.37. The summed E-state index contributed by atoms with van der Waals surface area (Å²) in [6.45, 7) is 0.963. The van der Waals surface area contributed by atoms with Crippen molar-refractivity contribution in [2.24, 2.45) is 0 Å². The Bertz CT molecular complexity index is 488. The Kier molecular flexibility index (Phi) is 6.27. The van der Waals surface area contributed by atoms with E-state index in [2.05, 4.69) is 4.72 Å². The Morgan fingerprint density at radius 1 is 1.21 bits per heavy atom. The lowest BCUT2D eigenvalue weighted by Crippen LogP contribution is -2.25. The first-order valence-corrected chi connectivity index (χ1v) is 7.86. The number of unbranched alkanes of at least 4 members (excludes halogenated alkanes) is 2. The smallest absolute Gasteiger partial charge is 0.242 e. The lowest BCUT2D eigenvalue weighted by atomic mass is 10.2. The highest BCUT2D eigenvalue weighted by molar-refractivity contribution is 7.89. The number of rotatable bonds is 8. The van der Waals surface area contributed by atoms with Gasteiger partial charge >= 0.3 is 0 Å². The fourth-order valence-corrected chi connectivity index (χ4v) is 2.84. The number of hydrogen-bond donors (Lipinski definition) is 2. The summed E-state index contributed by atoms with van der Waals surface area (Å²) in [7, 11) is -0.153. The molecule has 0 aliphatic heterocycles. The van der Waals surface area contributed by atoms with Crippen LogP contribution in [0.15, 0.2) is 29.2 Å². The van der Waals surface area contributed by atoms with Crippen LogP contribution < -0.4 is 9.62 Å². The molecule has 0 radical (unpaired) electrons. The molecule has 1 rings (SSSR count). The van der Waals surface area contributed by atoms with Crippen molar-refractivity contribution in [3.8, 4) is 0 Å².